The van der Waals surface area contributed by atoms with Crippen LogP contribution in [0.15, 0.2) is 66.7 Å². The predicted molar refractivity (Wildman–Crippen MR) is 101 cm³/mol. The molecule has 2 N–H and O–H groups in total. The van der Waals surface area contributed by atoms with E-state index in [-0.39, 0.29) is 5.57 Å². The Morgan fingerprint density at radius 2 is 1.67 bits per heavy atom. The van der Waals surface area contributed by atoms with Crippen molar-refractivity contribution < 1.29 is 24.2 Å². The molecule has 2 aromatic carbocycles. The van der Waals surface area contributed by atoms with Crippen LogP contribution in [0.2, 0.25) is 5.02 Å². The zero-order chi connectivity index (χ0) is 20.0. The average Bonchev–Trinajstić information content (AvgIpc) is 2.68. The van der Waals surface area contributed by atoms with Crippen molar-refractivity contribution in [2.75, 3.05) is 7.11 Å². The normalized spacial score (nSPS) is 12.5. The lowest BCUT2D eigenvalue weighted by Crippen LogP contribution is -2.46. The molecule has 0 aliphatic heterocycles. The van der Waals surface area contributed by atoms with E-state index in [2.05, 4.69) is 16.6 Å². The topological polar surface area (TPSA) is 92.7 Å². The molecule has 0 heterocycles. The van der Waals surface area contributed by atoms with Crippen molar-refractivity contribution in [1.82, 2.24) is 5.32 Å². The van der Waals surface area contributed by atoms with Crippen molar-refractivity contribution in [2.24, 2.45) is 0 Å². The number of ether oxygens (including phenoxy) is 1. The number of benzene rings is 2. The smallest absolute Gasteiger partial charge is 0.333 e. The lowest BCUT2D eigenvalue weighted by Gasteiger charge is -2.26. The SMILES string of the molecule is C=C(C(=O)OC)[C@H](c1ccc(Cl)cc1)[C@@H](NC(=O)c1ccccc1)C(=O)O. The molecule has 0 spiro atoms. The van der Waals surface area contributed by atoms with E-state index in [9.17, 15) is 19.5 Å². The van der Waals surface area contributed by atoms with Gasteiger partial charge in [0.2, 0.25) is 0 Å². The summed E-state index contributed by atoms with van der Waals surface area (Å²) in [6, 6.07) is 13.0. The number of aliphatic carboxylic acids is 1. The number of halogens is 1. The van der Waals surface area contributed by atoms with Crippen LogP contribution in [0.1, 0.15) is 21.8 Å². The highest BCUT2D eigenvalue weighted by atomic mass is 35.5. The molecule has 7 heteroatoms. The zero-order valence-electron chi connectivity index (χ0n) is 14.5. The first kappa shape index (κ1) is 20.2. The van der Waals surface area contributed by atoms with Gasteiger partial charge in [-0.15, -0.1) is 0 Å². The number of carbonyl (C=O) groups excluding carboxylic acids is 2. The van der Waals surface area contributed by atoms with Gasteiger partial charge in [0.25, 0.3) is 5.91 Å². The Kier molecular flexibility index (Phi) is 6.73. The fourth-order valence-electron chi connectivity index (χ4n) is 2.62. The predicted octanol–water partition coefficient (Wildman–Crippen LogP) is 3.04. The van der Waals surface area contributed by atoms with Crippen molar-refractivity contribution in [3.63, 3.8) is 0 Å². The second-order valence-electron chi connectivity index (χ2n) is 5.70. The summed E-state index contributed by atoms with van der Waals surface area (Å²) >= 11 is 5.89. The average molecular weight is 388 g/mol. The number of hydrogen-bond donors (Lipinski definition) is 2. The molecule has 0 aliphatic carbocycles. The third-order valence-corrected chi connectivity index (χ3v) is 4.23. The number of amides is 1. The first-order valence-electron chi connectivity index (χ1n) is 7.96. The monoisotopic (exact) mass is 387 g/mol. The van der Waals surface area contributed by atoms with Gasteiger partial charge < -0.3 is 15.2 Å². The highest BCUT2D eigenvalue weighted by Crippen LogP contribution is 2.29. The van der Waals surface area contributed by atoms with Crippen LogP contribution >= 0.6 is 11.6 Å². The second kappa shape index (κ2) is 9.00. The van der Waals surface area contributed by atoms with E-state index in [1.54, 1.807) is 54.6 Å². The lowest BCUT2D eigenvalue weighted by molar-refractivity contribution is -0.140. The minimum absolute atomic E-state index is 0.0967. The Hall–Kier alpha value is -3.12. The minimum Gasteiger partial charge on any atom is -0.480 e. The second-order valence-corrected chi connectivity index (χ2v) is 6.14. The van der Waals surface area contributed by atoms with Crippen LogP contribution in [-0.4, -0.2) is 36.1 Å². The largest absolute Gasteiger partial charge is 0.480 e. The first-order valence-corrected chi connectivity index (χ1v) is 8.34. The number of carboxylic acids is 1. The van der Waals surface area contributed by atoms with E-state index in [0.717, 1.165) is 0 Å². The quantitative estimate of drug-likeness (QED) is 0.562. The summed E-state index contributed by atoms with van der Waals surface area (Å²) < 4.78 is 4.69. The molecule has 0 radical (unpaired) electrons. The molecule has 27 heavy (non-hydrogen) atoms. The molecule has 0 aromatic heterocycles. The molecule has 1 amide bonds. The molecule has 2 aromatic rings. The third-order valence-electron chi connectivity index (χ3n) is 3.97. The van der Waals surface area contributed by atoms with Crippen LogP contribution in [0.5, 0.6) is 0 Å². The number of methoxy groups -OCH3 is 1. The highest BCUT2D eigenvalue weighted by Gasteiger charge is 2.36. The van der Waals surface area contributed by atoms with Crippen molar-refractivity contribution in [2.45, 2.75) is 12.0 Å². The van der Waals surface area contributed by atoms with Crippen molar-refractivity contribution in [1.29, 1.82) is 0 Å². The molecule has 0 unspecified atom stereocenters. The van der Waals surface area contributed by atoms with Crippen LogP contribution in [0.4, 0.5) is 0 Å². The van der Waals surface area contributed by atoms with Gasteiger partial charge in [-0.2, -0.15) is 0 Å². The standard InChI is InChI=1S/C20H18ClNO5/c1-12(20(26)27-2)16(13-8-10-15(21)11-9-13)17(19(24)25)22-18(23)14-6-4-3-5-7-14/h3-11,16-17H,1H2,2H3,(H,22,23)(H,24,25)/t16-,17-/m1/s1. The van der Waals surface area contributed by atoms with E-state index in [1.165, 1.54) is 7.11 Å². The van der Waals surface area contributed by atoms with Gasteiger partial charge in [-0.1, -0.05) is 48.5 Å². The molecule has 140 valence electrons. The van der Waals surface area contributed by atoms with E-state index in [4.69, 9.17) is 11.6 Å². The molecule has 0 aliphatic rings. The molecular weight excluding hydrogens is 370 g/mol. The van der Waals surface area contributed by atoms with Gasteiger partial charge in [0, 0.05) is 22.1 Å². The van der Waals surface area contributed by atoms with Crippen LogP contribution in [0.25, 0.3) is 0 Å². The summed E-state index contributed by atoms with van der Waals surface area (Å²) in [5.41, 5.74) is 0.651. The zero-order valence-corrected chi connectivity index (χ0v) is 15.3. The van der Waals surface area contributed by atoms with Gasteiger partial charge in [0.15, 0.2) is 0 Å². The van der Waals surface area contributed by atoms with Gasteiger partial charge in [0.1, 0.15) is 6.04 Å². The van der Waals surface area contributed by atoms with E-state index in [1.807, 2.05) is 0 Å². The molecule has 2 atom stereocenters. The number of nitrogens with one attached hydrogen (secondary N) is 1. The highest BCUT2D eigenvalue weighted by molar-refractivity contribution is 6.30. The third kappa shape index (κ3) is 4.95. The molecule has 0 saturated carbocycles. The van der Waals surface area contributed by atoms with Crippen molar-refractivity contribution in [3.8, 4) is 0 Å². The maximum absolute atomic E-state index is 12.5. The van der Waals surface area contributed by atoms with E-state index in [0.29, 0.717) is 16.1 Å². The Morgan fingerprint density at radius 3 is 2.19 bits per heavy atom. The Labute approximate surface area is 161 Å². The lowest BCUT2D eigenvalue weighted by atomic mass is 9.85. The number of esters is 1. The summed E-state index contributed by atoms with van der Waals surface area (Å²) in [6.45, 7) is 3.69. The Balaban J connectivity index is 2.43. The Bertz CT molecular complexity index is 848. The van der Waals surface area contributed by atoms with Gasteiger partial charge in [-0.3, -0.25) is 4.79 Å². The van der Waals surface area contributed by atoms with Gasteiger partial charge in [-0.05, 0) is 29.8 Å². The van der Waals surface area contributed by atoms with Crippen LogP contribution in [-0.2, 0) is 14.3 Å². The van der Waals surface area contributed by atoms with Gasteiger partial charge >= 0.3 is 11.9 Å². The first-order chi connectivity index (χ1) is 12.8. The minimum atomic E-state index is -1.44. The number of carboxylic acid groups (broad SMARTS) is 1. The summed E-state index contributed by atoms with van der Waals surface area (Å²) in [5, 5.41) is 12.6. The summed E-state index contributed by atoms with van der Waals surface area (Å²) in [4.78, 5) is 36.4. The fraction of sp³-hybridized carbons (Fsp3) is 0.150. The van der Waals surface area contributed by atoms with Crippen molar-refractivity contribution >= 4 is 29.4 Å². The summed E-state index contributed by atoms with van der Waals surface area (Å²) in [5.74, 6) is -3.71. The molecule has 0 fully saturated rings. The van der Waals surface area contributed by atoms with Crippen LogP contribution < -0.4 is 5.32 Å². The van der Waals surface area contributed by atoms with Gasteiger partial charge in [0.05, 0.1) is 7.11 Å². The molecule has 0 saturated heterocycles. The fourth-order valence-corrected chi connectivity index (χ4v) is 2.75. The van der Waals surface area contributed by atoms with E-state index < -0.39 is 29.8 Å². The van der Waals surface area contributed by atoms with Crippen LogP contribution in [0.3, 0.4) is 0 Å². The van der Waals surface area contributed by atoms with Crippen LogP contribution in [0, 0.1) is 0 Å². The number of carbonyl (C=O) groups is 3. The molecule has 2 rings (SSSR count). The van der Waals surface area contributed by atoms with Crippen molar-refractivity contribution in [3.05, 3.63) is 82.9 Å². The van der Waals surface area contributed by atoms with Gasteiger partial charge in [-0.25, -0.2) is 9.59 Å². The number of hydrogen-bond acceptors (Lipinski definition) is 4. The Morgan fingerprint density at radius 1 is 1.07 bits per heavy atom. The van der Waals surface area contributed by atoms with E-state index >= 15 is 0 Å². The summed E-state index contributed by atoms with van der Waals surface area (Å²) in [6.07, 6.45) is 0. The maximum Gasteiger partial charge on any atom is 0.333 e. The molecule has 0 bridgehead atoms. The molecular formula is C20H18ClNO5. The number of rotatable bonds is 7. The molecule has 6 nitrogen and oxygen atoms in total. The summed E-state index contributed by atoms with van der Waals surface area (Å²) in [7, 11) is 1.17. The maximum atomic E-state index is 12.5.